The van der Waals surface area contributed by atoms with Crippen molar-refractivity contribution in [2.75, 3.05) is 7.11 Å². The van der Waals surface area contributed by atoms with E-state index in [0.29, 0.717) is 5.54 Å². The topological polar surface area (TPSA) is 26.2 Å². The van der Waals surface area contributed by atoms with Gasteiger partial charge in [-0.15, -0.1) is 0 Å². The lowest BCUT2D eigenvalue weighted by atomic mass is 9.53. The zero-order valence-corrected chi connectivity index (χ0v) is 15.1. The number of ether oxygens (including phenoxy) is 1. The normalized spacial score (nSPS) is 32.9. The van der Waals surface area contributed by atoms with E-state index in [1.807, 2.05) is 12.1 Å². The number of nitrogens with one attached hydrogen (secondary N) is 1. The zero-order chi connectivity index (χ0) is 16.9. The van der Waals surface area contributed by atoms with Crippen molar-refractivity contribution in [2.45, 2.75) is 50.6 Å². The molecule has 1 heterocycles. The van der Waals surface area contributed by atoms with Gasteiger partial charge in [0.2, 0.25) is 0 Å². The Balaban J connectivity index is 1.37. The van der Waals surface area contributed by atoms with Gasteiger partial charge in [-0.3, -0.25) is 0 Å². The lowest BCUT2D eigenvalue weighted by Gasteiger charge is -2.57. The second-order valence-electron chi connectivity index (χ2n) is 8.59. The van der Waals surface area contributed by atoms with E-state index in [1.165, 1.54) is 44.2 Å². The molecule has 0 amide bonds. The van der Waals surface area contributed by atoms with E-state index in [4.69, 9.17) is 4.74 Å². The Bertz CT molecular complexity index is 728. The lowest BCUT2D eigenvalue weighted by Crippen LogP contribution is -2.58. The maximum atomic E-state index is 5.56. The fourth-order valence-electron chi connectivity index (χ4n) is 6.23. The Morgan fingerprint density at radius 1 is 1.00 bits per heavy atom. The third-order valence-corrected chi connectivity index (χ3v) is 6.86. The van der Waals surface area contributed by atoms with Crippen LogP contribution in [0.25, 0.3) is 5.69 Å². The first-order valence-corrected chi connectivity index (χ1v) is 9.79. The molecule has 0 spiro atoms. The van der Waals surface area contributed by atoms with Gasteiger partial charge in [-0.05, 0) is 80.5 Å². The van der Waals surface area contributed by atoms with Crippen molar-refractivity contribution < 1.29 is 4.74 Å². The SMILES string of the molecule is COc1ccccc1-n1cccc1CNC12CC3CC(CC(C3)C1)C2. The summed E-state index contributed by atoms with van der Waals surface area (Å²) >= 11 is 0. The Kier molecular flexibility index (Phi) is 3.67. The lowest BCUT2D eigenvalue weighted by molar-refractivity contribution is -0.0207. The molecule has 1 aromatic carbocycles. The molecular formula is C22H28N2O. The first-order chi connectivity index (χ1) is 12.2. The Morgan fingerprint density at radius 2 is 1.68 bits per heavy atom. The fraction of sp³-hybridized carbons (Fsp3) is 0.545. The molecule has 2 aromatic rings. The van der Waals surface area contributed by atoms with E-state index in [2.05, 4.69) is 40.3 Å². The summed E-state index contributed by atoms with van der Waals surface area (Å²) in [6.07, 6.45) is 10.8. The van der Waals surface area contributed by atoms with Gasteiger partial charge in [-0.1, -0.05) is 12.1 Å². The first kappa shape index (κ1) is 15.5. The van der Waals surface area contributed by atoms with Crippen molar-refractivity contribution in [3.63, 3.8) is 0 Å². The third-order valence-electron chi connectivity index (χ3n) is 6.86. The first-order valence-electron chi connectivity index (χ1n) is 9.79. The van der Waals surface area contributed by atoms with E-state index in [-0.39, 0.29) is 0 Å². The minimum Gasteiger partial charge on any atom is -0.495 e. The van der Waals surface area contributed by atoms with Crippen molar-refractivity contribution in [1.29, 1.82) is 0 Å². The molecule has 0 atom stereocenters. The monoisotopic (exact) mass is 336 g/mol. The largest absolute Gasteiger partial charge is 0.495 e. The van der Waals surface area contributed by atoms with Crippen LogP contribution in [0, 0.1) is 17.8 Å². The number of aromatic nitrogens is 1. The molecule has 6 rings (SSSR count). The predicted octanol–water partition coefficient (Wildman–Crippen LogP) is 4.54. The van der Waals surface area contributed by atoms with Gasteiger partial charge in [0.25, 0.3) is 0 Å². The Labute approximate surface area is 150 Å². The molecule has 0 radical (unpaired) electrons. The van der Waals surface area contributed by atoms with E-state index >= 15 is 0 Å². The second-order valence-corrected chi connectivity index (χ2v) is 8.59. The molecule has 1 N–H and O–H groups in total. The predicted molar refractivity (Wildman–Crippen MR) is 100 cm³/mol. The number of methoxy groups -OCH3 is 1. The van der Waals surface area contributed by atoms with Crippen molar-refractivity contribution >= 4 is 0 Å². The number of rotatable bonds is 5. The van der Waals surface area contributed by atoms with Crippen LogP contribution in [0.4, 0.5) is 0 Å². The van der Waals surface area contributed by atoms with Gasteiger partial charge in [-0.2, -0.15) is 0 Å². The summed E-state index contributed by atoms with van der Waals surface area (Å²) in [7, 11) is 1.75. The van der Waals surface area contributed by atoms with Gasteiger partial charge in [0, 0.05) is 24.0 Å². The molecule has 3 nitrogen and oxygen atoms in total. The molecule has 0 aliphatic heterocycles. The molecule has 4 aliphatic rings. The molecule has 3 heteroatoms. The van der Waals surface area contributed by atoms with Gasteiger partial charge < -0.3 is 14.6 Å². The number of hydrogen-bond donors (Lipinski definition) is 1. The van der Waals surface area contributed by atoms with Crippen molar-refractivity contribution in [3.05, 3.63) is 48.3 Å². The molecule has 132 valence electrons. The average Bonchev–Trinajstić information content (AvgIpc) is 3.07. The van der Waals surface area contributed by atoms with E-state index in [0.717, 1.165) is 35.7 Å². The van der Waals surface area contributed by atoms with Gasteiger partial charge in [0.15, 0.2) is 0 Å². The van der Waals surface area contributed by atoms with Gasteiger partial charge in [0.1, 0.15) is 5.75 Å². The number of nitrogens with zero attached hydrogens (tertiary/aromatic N) is 1. The summed E-state index contributed by atoms with van der Waals surface area (Å²) in [5.74, 6) is 3.88. The number of benzene rings is 1. The molecule has 25 heavy (non-hydrogen) atoms. The van der Waals surface area contributed by atoms with E-state index < -0.39 is 0 Å². The fourth-order valence-corrected chi connectivity index (χ4v) is 6.23. The second kappa shape index (κ2) is 5.91. The van der Waals surface area contributed by atoms with Gasteiger partial charge in [-0.25, -0.2) is 0 Å². The van der Waals surface area contributed by atoms with Crippen LogP contribution in [-0.4, -0.2) is 17.2 Å². The van der Waals surface area contributed by atoms with E-state index in [1.54, 1.807) is 7.11 Å². The average molecular weight is 336 g/mol. The van der Waals surface area contributed by atoms with Crippen LogP contribution in [0.2, 0.25) is 0 Å². The Morgan fingerprint density at radius 3 is 2.36 bits per heavy atom. The van der Waals surface area contributed by atoms with Crippen LogP contribution in [0.1, 0.15) is 44.2 Å². The van der Waals surface area contributed by atoms with Gasteiger partial charge in [0.05, 0.1) is 12.8 Å². The van der Waals surface area contributed by atoms with Crippen molar-refractivity contribution in [2.24, 2.45) is 17.8 Å². The summed E-state index contributed by atoms with van der Waals surface area (Å²) in [5, 5.41) is 4.02. The standard InChI is InChI=1S/C22H28N2O/c1-25-21-7-3-2-6-20(21)24-8-4-5-19(24)15-23-22-12-16-9-17(13-22)11-18(10-16)14-22/h2-8,16-18,23H,9-15H2,1H3. The highest BCUT2D eigenvalue weighted by Gasteiger charge is 2.50. The van der Waals surface area contributed by atoms with Crippen molar-refractivity contribution in [1.82, 2.24) is 9.88 Å². The van der Waals surface area contributed by atoms with Crippen LogP contribution in [0.15, 0.2) is 42.6 Å². The summed E-state index contributed by atoms with van der Waals surface area (Å²) in [4.78, 5) is 0. The van der Waals surface area contributed by atoms with Gasteiger partial charge >= 0.3 is 0 Å². The minimum atomic E-state index is 0.407. The molecule has 4 aliphatic carbocycles. The highest BCUT2D eigenvalue weighted by molar-refractivity contribution is 5.48. The number of hydrogen-bond acceptors (Lipinski definition) is 2. The highest BCUT2D eigenvalue weighted by atomic mass is 16.5. The molecule has 4 bridgehead atoms. The van der Waals surface area contributed by atoms with Crippen LogP contribution in [0.5, 0.6) is 5.75 Å². The van der Waals surface area contributed by atoms with Crippen LogP contribution in [0.3, 0.4) is 0 Å². The molecule has 0 saturated heterocycles. The third kappa shape index (κ3) is 2.69. The highest BCUT2D eigenvalue weighted by Crippen LogP contribution is 2.55. The summed E-state index contributed by atoms with van der Waals surface area (Å²) < 4.78 is 7.83. The zero-order valence-electron chi connectivity index (χ0n) is 15.1. The molecule has 4 saturated carbocycles. The van der Waals surface area contributed by atoms with Crippen LogP contribution in [-0.2, 0) is 6.54 Å². The van der Waals surface area contributed by atoms with Crippen LogP contribution < -0.4 is 10.1 Å². The quantitative estimate of drug-likeness (QED) is 0.867. The molecule has 0 unspecified atom stereocenters. The maximum absolute atomic E-state index is 5.56. The summed E-state index contributed by atoms with van der Waals surface area (Å²) in [5.41, 5.74) is 2.85. The van der Waals surface area contributed by atoms with E-state index in [9.17, 15) is 0 Å². The minimum absolute atomic E-state index is 0.407. The molecule has 4 fully saturated rings. The summed E-state index contributed by atoms with van der Waals surface area (Å²) in [6, 6.07) is 12.6. The summed E-state index contributed by atoms with van der Waals surface area (Å²) in [6.45, 7) is 0.942. The number of para-hydroxylation sites is 2. The maximum Gasteiger partial charge on any atom is 0.142 e. The van der Waals surface area contributed by atoms with Crippen LogP contribution >= 0.6 is 0 Å². The molecular weight excluding hydrogens is 308 g/mol. The molecule has 1 aromatic heterocycles. The Hall–Kier alpha value is -1.74. The smallest absolute Gasteiger partial charge is 0.142 e. The van der Waals surface area contributed by atoms with Crippen molar-refractivity contribution in [3.8, 4) is 11.4 Å².